The predicted molar refractivity (Wildman–Crippen MR) is 113 cm³/mol. The van der Waals surface area contributed by atoms with Crippen molar-refractivity contribution in [2.45, 2.75) is 39.5 Å². The van der Waals surface area contributed by atoms with Crippen molar-refractivity contribution in [3.8, 4) is 11.5 Å². The molecule has 0 saturated carbocycles. The summed E-state index contributed by atoms with van der Waals surface area (Å²) in [5, 5.41) is 7.42. The number of nitrogens with one attached hydrogen (secondary N) is 1. The maximum absolute atomic E-state index is 5.66. The van der Waals surface area contributed by atoms with Crippen molar-refractivity contribution in [2.24, 2.45) is 10.4 Å². The molecule has 2 fully saturated rings. The van der Waals surface area contributed by atoms with E-state index in [-0.39, 0.29) is 0 Å². The lowest BCUT2D eigenvalue weighted by Crippen LogP contribution is -2.41. The van der Waals surface area contributed by atoms with Gasteiger partial charge in [0.2, 0.25) is 0 Å². The Morgan fingerprint density at radius 1 is 1.24 bits per heavy atom. The summed E-state index contributed by atoms with van der Waals surface area (Å²) in [6, 6.07) is 8.33. The lowest BCUT2D eigenvalue weighted by Gasteiger charge is -2.25. The van der Waals surface area contributed by atoms with Gasteiger partial charge in [0.15, 0.2) is 11.8 Å². The number of hydrogen-bond donors (Lipinski definition) is 1. The van der Waals surface area contributed by atoms with Gasteiger partial charge in [0, 0.05) is 50.2 Å². The highest BCUT2D eigenvalue weighted by Gasteiger charge is 2.42. The van der Waals surface area contributed by atoms with Gasteiger partial charge in [0.25, 0.3) is 5.89 Å². The van der Waals surface area contributed by atoms with Crippen LogP contribution in [-0.4, -0.2) is 60.4 Å². The number of benzene rings is 1. The minimum Gasteiger partial charge on any atom is -0.381 e. The Labute approximate surface area is 172 Å². The van der Waals surface area contributed by atoms with Gasteiger partial charge in [0.1, 0.15) is 0 Å². The summed E-state index contributed by atoms with van der Waals surface area (Å²) in [4.78, 5) is 11.7. The van der Waals surface area contributed by atoms with Crippen LogP contribution in [0.5, 0.6) is 0 Å². The molecule has 2 aromatic rings. The lowest BCUT2D eigenvalue weighted by atomic mass is 9.87. The second kappa shape index (κ2) is 8.95. The molecule has 7 heteroatoms. The number of ether oxygens (including phenoxy) is 1. The Balaban J connectivity index is 1.35. The highest BCUT2D eigenvalue weighted by atomic mass is 16.5. The molecule has 1 aromatic carbocycles. The Morgan fingerprint density at radius 2 is 2.10 bits per heavy atom. The molecule has 1 unspecified atom stereocenters. The fourth-order valence-corrected chi connectivity index (χ4v) is 4.13. The molecule has 0 amide bonds. The predicted octanol–water partition coefficient (Wildman–Crippen LogP) is 2.92. The van der Waals surface area contributed by atoms with Crippen molar-refractivity contribution in [1.82, 2.24) is 20.4 Å². The van der Waals surface area contributed by atoms with E-state index >= 15 is 0 Å². The smallest absolute Gasteiger partial charge is 0.257 e. The molecule has 1 atom stereocenters. The molecule has 1 N–H and O–H groups in total. The van der Waals surface area contributed by atoms with Crippen molar-refractivity contribution >= 4 is 5.96 Å². The first-order chi connectivity index (χ1) is 14.2. The van der Waals surface area contributed by atoms with Gasteiger partial charge in [-0.15, -0.1) is 0 Å². The average molecular weight is 398 g/mol. The minimum atomic E-state index is 0.346. The lowest BCUT2D eigenvalue weighted by molar-refractivity contribution is 0.156. The van der Waals surface area contributed by atoms with E-state index in [0.29, 0.717) is 11.3 Å². The fourth-order valence-electron chi connectivity index (χ4n) is 4.13. The minimum absolute atomic E-state index is 0.346. The third-order valence-electron chi connectivity index (χ3n) is 5.90. The number of rotatable bonds is 6. The molecule has 7 nitrogen and oxygen atoms in total. The van der Waals surface area contributed by atoms with E-state index in [1.165, 1.54) is 18.4 Å². The van der Waals surface area contributed by atoms with Crippen molar-refractivity contribution in [1.29, 1.82) is 0 Å². The van der Waals surface area contributed by atoms with Gasteiger partial charge in [-0.2, -0.15) is 4.98 Å². The maximum atomic E-state index is 5.66. The van der Waals surface area contributed by atoms with Gasteiger partial charge in [-0.3, -0.25) is 4.99 Å². The van der Waals surface area contributed by atoms with E-state index in [0.717, 1.165) is 69.6 Å². The summed E-state index contributed by atoms with van der Waals surface area (Å²) in [6.45, 7) is 9.71. The van der Waals surface area contributed by atoms with Crippen LogP contribution in [0, 0.1) is 5.41 Å². The molecule has 1 aromatic heterocycles. The fraction of sp³-hybridized carbons (Fsp3) is 0.591. The van der Waals surface area contributed by atoms with Gasteiger partial charge < -0.3 is 19.5 Å². The average Bonchev–Trinajstić information content (AvgIpc) is 3.50. The molecule has 1 spiro atoms. The normalized spacial score (nSPS) is 22.0. The topological polar surface area (TPSA) is 75.8 Å². The van der Waals surface area contributed by atoms with Crippen molar-refractivity contribution in [3.63, 3.8) is 0 Å². The number of likely N-dealkylation sites (tertiary alicyclic amines) is 1. The first-order valence-electron chi connectivity index (χ1n) is 10.7. The summed E-state index contributed by atoms with van der Waals surface area (Å²) in [7, 11) is 0. The van der Waals surface area contributed by atoms with E-state index in [1.807, 2.05) is 19.1 Å². The highest BCUT2D eigenvalue weighted by molar-refractivity contribution is 5.80. The van der Waals surface area contributed by atoms with Crippen LogP contribution in [0.4, 0.5) is 0 Å². The summed E-state index contributed by atoms with van der Waals surface area (Å²) in [5.74, 6) is 2.35. The second-order valence-electron chi connectivity index (χ2n) is 8.03. The molecule has 0 aliphatic carbocycles. The van der Waals surface area contributed by atoms with Crippen LogP contribution in [0.3, 0.4) is 0 Å². The monoisotopic (exact) mass is 397 g/mol. The summed E-state index contributed by atoms with van der Waals surface area (Å²) >= 11 is 0. The standard InChI is InChI=1S/C22H31N5O2/c1-3-19-25-20(29-26-19)18-7-5-17(6-8-18)9-12-24-21(23-4-2)27-13-10-22(15-27)11-14-28-16-22/h5-8H,3-4,9-16H2,1-2H3,(H,23,24). The third kappa shape index (κ3) is 4.61. The Morgan fingerprint density at radius 3 is 2.79 bits per heavy atom. The molecule has 4 rings (SSSR count). The Kier molecular flexibility index (Phi) is 6.13. The van der Waals surface area contributed by atoms with Crippen LogP contribution in [0.1, 0.15) is 38.1 Å². The van der Waals surface area contributed by atoms with E-state index in [4.69, 9.17) is 14.3 Å². The molecule has 0 radical (unpaired) electrons. The van der Waals surface area contributed by atoms with Crippen molar-refractivity contribution in [2.75, 3.05) is 39.4 Å². The molecular formula is C22H31N5O2. The molecule has 2 aliphatic rings. The van der Waals surface area contributed by atoms with E-state index in [1.54, 1.807) is 0 Å². The number of hydrogen-bond acceptors (Lipinski definition) is 5. The number of guanidine groups is 1. The molecule has 29 heavy (non-hydrogen) atoms. The largest absolute Gasteiger partial charge is 0.381 e. The van der Waals surface area contributed by atoms with Gasteiger partial charge >= 0.3 is 0 Å². The van der Waals surface area contributed by atoms with Crippen LogP contribution < -0.4 is 5.32 Å². The molecule has 156 valence electrons. The van der Waals surface area contributed by atoms with Crippen LogP contribution in [0.15, 0.2) is 33.8 Å². The first kappa shape index (κ1) is 19.9. The van der Waals surface area contributed by atoms with Crippen LogP contribution in [0.2, 0.25) is 0 Å². The second-order valence-corrected chi connectivity index (χ2v) is 8.03. The maximum Gasteiger partial charge on any atom is 0.257 e. The van der Waals surface area contributed by atoms with Crippen LogP contribution in [-0.2, 0) is 17.6 Å². The summed E-state index contributed by atoms with van der Waals surface area (Å²) < 4.78 is 11.0. The summed E-state index contributed by atoms with van der Waals surface area (Å²) in [6.07, 6.45) is 4.06. The molecule has 2 aliphatic heterocycles. The van der Waals surface area contributed by atoms with E-state index in [9.17, 15) is 0 Å². The van der Waals surface area contributed by atoms with Crippen molar-refractivity contribution in [3.05, 3.63) is 35.7 Å². The first-order valence-corrected chi connectivity index (χ1v) is 10.7. The van der Waals surface area contributed by atoms with Crippen LogP contribution in [0.25, 0.3) is 11.5 Å². The zero-order valence-corrected chi connectivity index (χ0v) is 17.5. The zero-order valence-electron chi connectivity index (χ0n) is 17.5. The van der Waals surface area contributed by atoms with Gasteiger partial charge in [-0.05, 0) is 43.9 Å². The zero-order chi connectivity index (χ0) is 20.1. The van der Waals surface area contributed by atoms with Gasteiger partial charge in [0.05, 0.1) is 6.61 Å². The molecular weight excluding hydrogens is 366 g/mol. The Hall–Kier alpha value is -2.41. The molecule has 2 saturated heterocycles. The van der Waals surface area contributed by atoms with E-state index in [2.05, 4.69) is 39.4 Å². The van der Waals surface area contributed by atoms with Crippen molar-refractivity contribution < 1.29 is 9.26 Å². The Bertz CT molecular complexity index is 824. The number of aryl methyl sites for hydroxylation is 1. The third-order valence-corrected chi connectivity index (χ3v) is 5.90. The summed E-state index contributed by atoms with van der Waals surface area (Å²) in [5.41, 5.74) is 2.56. The van der Waals surface area contributed by atoms with Gasteiger partial charge in [-0.25, -0.2) is 0 Å². The number of aromatic nitrogens is 2. The highest BCUT2D eigenvalue weighted by Crippen LogP contribution is 2.38. The molecule has 0 bridgehead atoms. The number of aliphatic imine (C=N–C) groups is 1. The number of nitrogens with zero attached hydrogens (tertiary/aromatic N) is 4. The van der Waals surface area contributed by atoms with E-state index < -0.39 is 0 Å². The molecule has 3 heterocycles. The van der Waals surface area contributed by atoms with Gasteiger partial charge in [-0.1, -0.05) is 24.2 Å². The van der Waals surface area contributed by atoms with Crippen LogP contribution >= 0.6 is 0 Å². The quantitative estimate of drug-likeness (QED) is 0.597. The SMILES string of the molecule is CCNC(=NCCc1ccc(-c2nc(CC)no2)cc1)N1CCC2(CCOC2)C1.